The summed E-state index contributed by atoms with van der Waals surface area (Å²) in [5.74, 6) is 0. The molecule has 17 heavy (non-hydrogen) atoms. The summed E-state index contributed by atoms with van der Waals surface area (Å²) >= 11 is 0. The number of rotatable bonds is 0. The van der Waals surface area contributed by atoms with Crippen LogP contribution in [0.5, 0.6) is 0 Å². The summed E-state index contributed by atoms with van der Waals surface area (Å²) < 4.78 is 8.70. The van der Waals surface area contributed by atoms with E-state index in [0.717, 1.165) is 0 Å². The van der Waals surface area contributed by atoms with Crippen LogP contribution in [0.2, 0.25) is 0 Å². The van der Waals surface area contributed by atoms with Gasteiger partial charge in [-0.1, -0.05) is 12.1 Å². The van der Waals surface area contributed by atoms with Gasteiger partial charge in [-0.3, -0.25) is 9.97 Å². The van der Waals surface area contributed by atoms with Crippen molar-refractivity contribution in [1.29, 1.82) is 0 Å². The molecule has 0 saturated carbocycles. The maximum absolute atomic E-state index is 8.70. The van der Waals surface area contributed by atoms with Crippen molar-refractivity contribution >= 4 is 20.7 Å². The summed E-state index contributed by atoms with van der Waals surface area (Å²) in [5.41, 5.74) is 0. The Labute approximate surface area is 107 Å². The molecule has 2 rings (SSSR count). The molecule has 0 aliphatic heterocycles. The van der Waals surface area contributed by atoms with Crippen LogP contribution in [-0.4, -0.2) is 19.8 Å². The van der Waals surface area contributed by atoms with Crippen LogP contribution >= 0.6 is 20.7 Å². The Morgan fingerprint density at radius 3 is 1.00 bits per heavy atom. The van der Waals surface area contributed by atoms with Gasteiger partial charge >= 0.3 is 8.25 Å². The van der Waals surface area contributed by atoms with Crippen LogP contribution in [0.15, 0.2) is 61.2 Å². The number of hydrogen-bond donors (Lipinski definition) is 2. The number of aromatic nitrogens is 2. The first-order valence-corrected chi connectivity index (χ1v) is 5.45. The van der Waals surface area contributed by atoms with Gasteiger partial charge in [0.1, 0.15) is 0 Å². The molecule has 0 unspecified atom stereocenters. The Morgan fingerprint density at radius 1 is 0.706 bits per heavy atom. The molecule has 0 aliphatic rings. The van der Waals surface area contributed by atoms with Crippen molar-refractivity contribution in [2.24, 2.45) is 0 Å². The fourth-order valence-corrected chi connectivity index (χ4v) is 0.625. The summed E-state index contributed by atoms with van der Waals surface area (Å²) in [6.07, 6.45) is 7.00. The van der Waals surface area contributed by atoms with Crippen molar-refractivity contribution in [3.8, 4) is 0 Å². The molecular weight excluding hydrogens is 263 g/mol. The lowest BCUT2D eigenvalue weighted by Crippen LogP contribution is -1.58. The minimum Gasteiger partial charge on any atom is -0.265 e. The molecule has 2 aromatic heterocycles. The summed E-state index contributed by atoms with van der Waals surface area (Å²) in [4.78, 5) is 21.8. The second kappa shape index (κ2) is 14.6. The molecule has 92 valence electrons. The van der Waals surface area contributed by atoms with Crippen molar-refractivity contribution in [1.82, 2.24) is 9.97 Å². The molecule has 0 aliphatic carbocycles. The summed E-state index contributed by atoms with van der Waals surface area (Å²) in [7, 11) is -2.87. The van der Waals surface area contributed by atoms with Crippen LogP contribution in [0.1, 0.15) is 0 Å². The first kappa shape index (κ1) is 18.0. The summed E-state index contributed by atoms with van der Waals surface area (Å²) in [6.45, 7) is 0. The lowest BCUT2D eigenvalue weighted by molar-refractivity contribution is 0.405. The maximum Gasteiger partial charge on any atom is 0.692 e. The van der Waals surface area contributed by atoms with Gasteiger partial charge in [0.25, 0.3) is 0 Å². The van der Waals surface area contributed by atoms with Crippen molar-refractivity contribution in [3.05, 3.63) is 61.2 Å². The molecule has 0 fully saturated rings. The molecule has 0 atom stereocenters. The minimum atomic E-state index is -2.87. The smallest absolute Gasteiger partial charge is 0.265 e. The van der Waals surface area contributed by atoms with Crippen LogP contribution in [0.4, 0.5) is 0 Å². The number of pyridine rings is 2. The van der Waals surface area contributed by atoms with E-state index in [1.165, 1.54) is 0 Å². The second-order valence-corrected chi connectivity index (χ2v) is 2.81. The average Bonchev–Trinajstić information content (AvgIpc) is 2.34. The summed E-state index contributed by atoms with van der Waals surface area (Å²) in [5, 5.41) is 0. The number of halogens is 1. The van der Waals surface area contributed by atoms with E-state index in [1.807, 2.05) is 36.4 Å². The molecule has 2 aromatic rings. The van der Waals surface area contributed by atoms with Crippen molar-refractivity contribution in [2.75, 3.05) is 0 Å². The zero-order chi connectivity index (χ0) is 12.1. The van der Waals surface area contributed by atoms with Crippen LogP contribution in [-0.2, 0) is 4.57 Å². The Balaban J connectivity index is 0. The molecule has 5 nitrogen and oxygen atoms in total. The predicted molar refractivity (Wildman–Crippen MR) is 67.8 cm³/mol. The maximum atomic E-state index is 8.70. The molecule has 0 saturated heterocycles. The van der Waals surface area contributed by atoms with E-state index < -0.39 is 8.25 Å². The highest BCUT2D eigenvalue weighted by Crippen LogP contribution is 1.98. The van der Waals surface area contributed by atoms with Gasteiger partial charge in [0.05, 0.1) is 0 Å². The Kier molecular flexibility index (Phi) is 15.5. The molecule has 7 heteroatoms. The highest BCUT2D eigenvalue weighted by atomic mass is 35.5. The van der Waals surface area contributed by atoms with Gasteiger partial charge in [-0.25, -0.2) is 0 Å². The minimum absolute atomic E-state index is 0. The molecule has 0 amide bonds. The van der Waals surface area contributed by atoms with Gasteiger partial charge in [0.2, 0.25) is 0 Å². The lowest BCUT2D eigenvalue weighted by atomic mass is 10.5. The van der Waals surface area contributed by atoms with E-state index in [1.54, 1.807) is 24.8 Å². The monoisotopic (exact) mass is 275 g/mol. The van der Waals surface area contributed by atoms with Crippen molar-refractivity contribution in [3.63, 3.8) is 0 Å². The average molecular weight is 276 g/mol. The Morgan fingerprint density at radius 2 is 0.941 bits per heavy atom. The van der Waals surface area contributed by atoms with E-state index in [2.05, 4.69) is 9.97 Å². The van der Waals surface area contributed by atoms with E-state index in [0.29, 0.717) is 0 Å². The van der Waals surface area contributed by atoms with E-state index in [4.69, 9.17) is 14.4 Å². The third kappa shape index (κ3) is 20.6. The van der Waals surface area contributed by atoms with Crippen LogP contribution in [0.3, 0.4) is 0 Å². The quantitative estimate of drug-likeness (QED) is 0.720. The topological polar surface area (TPSA) is 83.3 Å². The molecule has 0 aromatic carbocycles. The third-order valence-corrected chi connectivity index (χ3v) is 1.13. The second-order valence-electron chi connectivity index (χ2n) is 2.30. The van der Waals surface area contributed by atoms with Gasteiger partial charge in [0, 0.05) is 29.4 Å². The fraction of sp³-hybridized carbons (Fsp3) is 0. The lowest BCUT2D eigenvalue weighted by Gasteiger charge is -1.70. The van der Waals surface area contributed by atoms with E-state index in [-0.39, 0.29) is 12.4 Å². The SMILES string of the molecule is Cl.O=[P+](O)O.c1ccncc1.c1ccncc1. The van der Waals surface area contributed by atoms with Gasteiger partial charge in [0.15, 0.2) is 0 Å². The van der Waals surface area contributed by atoms with Crippen LogP contribution in [0.25, 0.3) is 0 Å². The first-order valence-electron chi connectivity index (χ1n) is 4.28. The zero-order valence-electron chi connectivity index (χ0n) is 8.83. The highest BCUT2D eigenvalue weighted by molar-refractivity contribution is 7.30. The summed E-state index contributed by atoms with van der Waals surface area (Å²) in [6, 6.07) is 11.4. The highest BCUT2D eigenvalue weighted by Gasteiger charge is 1.93. The Hall–Kier alpha value is -1.39. The Bertz CT molecular complexity index is 276. The third-order valence-electron chi connectivity index (χ3n) is 1.13. The number of hydrogen-bond acceptors (Lipinski definition) is 3. The fourth-order valence-electron chi connectivity index (χ4n) is 0.625. The normalized spacial score (nSPS) is 7.18. The molecule has 0 bridgehead atoms. The first-order chi connectivity index (χ1) is 7.73. The molecular formula is C10H13ClN2O3P+. The van der Waals surface area contributed by atoms with Crippen LogP contribution < -0.4 is 0 Å². The molecule has 0 radical (unpaired) electrons. The largest absolute Gasteiger partial charge is 0.692 e. The van der Waals surface area contributed by atoms with Gasteiger partial charge in [-0.2, -0.15) is 0 Å². The van der Waals surface area contributed by atoms with Crippen LogP contribution in [0, 0.1) is 0 Å². The standard InChI is InChI=1S/2C5H5N.ClH.HO3P/c2*1-2-4-6-5-3-1;;1-4(2)3/h2*1-5H;1H;(H-,1,2,3)/p+1. The van der Waals surface area contributed by atoms with E-state index in [9.17, 15) is 0 Å². The zero-order valence-corrected chi connectivity index (χ0v) is 10.5. The van der Waals surface area contributed by atoms with Gasteiger partial charge < -0.3 is 0 Å². The van der Waals surface area contributed by atoms with Crippen molar-refractivity contribution < 1.29 is 14.4 Å². The number of nitrogens with zero attached hydrogens (tertiary/aromatic N) is 2. The molecule has 0 spiro atoms. The van der Waals surface area contributed by atoms with Gasteiger partial charge in [-0.15, -0.1) is 22.2 Å². The molecule has 2 heterocycles. The van der Waals surface area contributed by atoms with Crippen molar-refractivity contribution in [2.45, 2.75) is 0 Å². The predicted octanol–water partition coefficient (Wildman–Crippen LogP) is 2.21. The van der Waals surface area contributed by atoms with E-state index >= 15 is 0 Å². The van der Waals surface area contributed by atoms with Gasteiger partial charge in [-0.05, 0) is 24.3 Å². The molecule has 2 N–H and O–H groups in total.